The molecule has 5 rings (SSSR count). The summed E-state index contributed by atoms with van der Waals surface area (Å²) in [6.07, 6.45) is 15.6. The number of methoxy groups -OCH3 is 1. The van der Waals surface area contributed by atoms with Crippen LogP contribution in [0.5, 0.6) is 0 Å². The molecule has 0 heterocycles. The van der Waals surface area contributed by atoms with Crippen molar-refractivity contribution < 1.29 is 4.74 Å². The van der Waals surface area contributed by atoms with E-state index in [1.807, 2.05) is 7.11 Å². The first kappa shape index (κ1) is 17.8. The molecule has 0 aromatic carbocycles. The Hall–Kier alpha value is -0.300. The molecule has 0 radical (unpaired) electrons. The van der Waals surface area contributed by atoms with Crippen molar-refractivity contribution >= 4 is 0 Å². The Morgan fingerprint density at radius 2 is 1.92 bits per heavy atom. The molecule has 5 saturated carbocycles. The zero-order valence-corrected chi connectivity index (χ0v) is 17.6. The summed E-state index contributed by atoms with van der Waals surface area (Å²) in [5.41, 5.74) is 1.72. The van der Waals surface area contributed by atoms with Gasteiger partial charge in [-0.3, -0.25) is 0 Å². The second-order valence-electron chi connectivity index (χ2n) is 11.5. The van der Waals surface area contributed by atoms with E-state index in [2.05, 4.69) is 33.4 Å². The topological polar surface area (TPSA) is 9.23 Å². The van der Waals surface area contributed by atoms with Gasteiger partial charge in [-0.25, -0.2) is 0 Å². The number of fused-ring (bicyclic) bond motifs is 4. The fourth-order valence-electron chi connectivity index (χ4n) is 9.98. The van der Waals surface area contributed by atoms with Crippen LogP contribution in [0.3, 0.4) is 0 Å². The molecule has 5 aliphatic rings. The van der Waals surface area contributed by atoms with Gasteiger partial charge in [0.1, 0.15) is 0 Å². The van der Waals surface area contributed by atoms with Crippen LogP contribution in [0, 0.1) is 51.8 Å². The van der Waals surface area contributed by atoms with Crippen LogP contribution in [0.1, 0.15) is 78.6 Å². The molecular weight excluding hydrogens is 316 g/mol. The quantitative estimate of drug-likeness (QED) is 0.524. The highest BCUT2D eigenvalue weighted by molar-refractivity contribution is 5.26. The molecule has 0 aliphatic heterocycles. The van der Waals surface area contributed by atoms with E-state index in [9.17, 15) is 0 Å². The van der Waals surface area contributed by atoms with Gasteiger partial charge >= 0.3 is 0 Å². The van der Waals surface area contributed by atoms with Crippen molar-refractivity contribution in [2.45, 2.75) is 84.7 Å². The molecule has 146 valence electrons. The molecule has 0 aromatic rings. The number of hydrogen-bond acceptors (Lipinski definition) is 1. The first-order chi connectivity index (χ1) is 12.4. The minimum atomic E-state index is 0.549. The lowest BCUT2D eigenvalue weighted by Gasteiger charge is -2.61. The Kier molecular flexibility index (Phi) is 3.84. The molecule has 0 N–H and O–H groups in total. The zero-order chi connectivity index (χ0) is 18.3. The first-order valence-electron chi connectivity index (χ1n) is 11.6. The third-order valence-electron chi connectivity index (χ3n) is 11.1. The van der Waals surface area contributed by atoms with Crippen molar-refractivity contribution in [1.82, 2.24) is 0 Å². The summed E-state index contributed by atoms with van der Waals surface area (Å²) in [4.78, 5) is 0. The molecule has 1 heteroatoms. The summed E-state index contributed by atoms with van der Waals surface area (Å²) < 4.78 is 6.24. The molecule has 5 fully saturated rings. The molecule has 26 heavy (non-hydrogen) atoms. The van der Waals surface area contributed by atoms with E-state index < -0.39 is 0 Å². The van der Waals surface area contributed by atoms with Gasteiger partial charge < -0.3 is 4.74 Å². The lowest BCUT2D eigenvalue weighted by atomic mass is 9.45. The standard InChI is InChI=1S/C25H40O/c1-6-7-16(2)19-8-9-20-18-14-22(26-5)25-15-17(25)10-13-24(25,4)21(18)11-12-23(19,20)3/h6,16-22H,1,7-15H2,2-5H3/t16-,17+,18+,19-,20+,21+,22-,23-,24-,25+/m1/s1. The van der Waals surface area contributed by atoms with Crippen LogP contribution in [0.4, 0.5) is 0 Å². The molecule has 10 atom stereocenters. The highest BCUT2D eigenvalue weighted by atomic mass is 16.5. The van der Waals surface area contributed by atoms with E-state index in [0.29, 0.717) is 22.3 Å². The predicted molar refractivity (Wildman–Crippen MR) is 108 cm³/mol. The van der Waals surface area contributed by atoms with Gasteiger partial charge in [0.2, 0.25) is 0 Å². The second kappa shape index (κ2) is 5.62. The first-order valence-corrected chi connectivity index (χ1v) is 11.6. The number of allylic oxidation sites excluding steroid dienone is 1. The fraction of sp³-hybridized carbons (Fsp3) is 0.920. The number of rotatable bonds is 4. The Labute approximate surface area is 161 Å². The molecule has 0 bridgehead atoms. The summed E-state index contributed by atoms with van der Waals surface area (Å²) in [5, 5.41) is 0. The van der Waals surface area contributed by atoms with Crippen molar-refractivity contribution in [2.24, 2.45) is 51.8 Å². The Morgan fingerprint density at radius 3 is 2.62 bits per heavy atom. The predicted octanol–water partition coefficient (Wildman–Crippen LogP) is 6.48. The largest absolute Gasteiger partial charge is 0.381 e. The van der Waals surface area contributed by atoms with E-state index in [0.717, 1.165) is 35.5 Å². The Bertz CT molecular complexity index is 597. The molecule has 0 aromatic heterocycles. The van der Waals surface area contributed by atoms with Crippen LogP contribution in [0.25, 0.3) is 0 Å². The minimum Gasteiger partial charge on any atom is -0.381 e. The normalized spacial score (nSPS) is 58.3. The Morgan fingerprint density at radius 1 is 1.12 bits per heavy atom. The van der Waals surface area contributed by atoms with Gasteiger partial charge in [0, 0.05) is 12.5 Å². The minimum absolute atomic E-state index is 0.549. The van der Waals surface area contributed by atoms with Gasteiger partial charge in [-0.1, -0.05) is 26.8 Å². The van der Waals surface area contributed by atoms with Crippen LogP contribution in [0.15, 0.2) is 12.7 Å². The summed E-state index contributed by atoms with van der Waals surface area (Å²) in [6.45, 7) is 11.9. The lowest BCUT2D eigenvalue weighted by molar-refractivity contribution is -0.161. The van der Waals surface area contributed by atoms with Crippen LogP contribution < -0.4 is 0 Å². The third-order valence-corrected chi connectivity index (χ3v) is 11.1. The maximum absolute atomic E-state index is 6.24. The molecule has 5 aliphatic carbocycles. The highest BCUT2D eigenvalue weighted by Gasteiger charge is 2.77. The maximum atomic E-state index is 6.24. The van der Waals surface area contributed by atoms with Gasteiger partial charge in [-0.2, -0.15) is 0 Å². The van der Waals surface area contributed by atoms with E-state index in [-0.39, 0.29) is 0 Å². The van der Waals surface area contributed by atoms with Crippen molar-refractivity contribution in [3.05, 3.63) is 12.7 Å². The SMILES string of the molecule is C=CC[C@@H](C)[C@H]1CC[C@H]2[C@@H]3C[C@@H](OC)[C@]45C[C@@H]4CC[C@]5(C)[C@H]3CC[C@]12C. The van der Waals surface area contributed by atoms with Crippen LogP contribution in [-0.4, -0.2) is 13.2 Å². The lowest BCUT2D eigenvalue weighted by Crippen LogP contribution is -2.57. The fourth-order valence-corrected chi connectivity index (χ4v) is 9.98. The molecule has 0 saturated heterocycles. The average Bonchev–Trinajstić information content (AvgIpc) is 3.12. The summed E-state index contributed by atoms with van der Waals surface area (Å²) in [5.74, 6) is 5.57. The molecule has 0 unspecified atom stereocenters. The van der Waals surface area contributed by atoms with E-state index >= 15 is 0 Å². The van der Waals surface area contributed by atoms with Gasteiger partial charge in [0.15, 0.2) is 0 Å². The summed E-state index contributed by atoms with van der Waals surface area (Å²) >= 11 is 0. The smallest absolute Gasteiger partial charge is 0.0638 e. The second-order valence-corrected chi connectivity index (χ2v) is 11.5. The van der Waals surface area contributed by atoms with Gasteiger partial charge in [-0.15, -0.1) is 6.58 Å². The molecular formula is C25H40O. The van der Waals surface area contributed by atoms with E-state index in [1.54, 1.807) is 0 Å². The van der Waals surface area contributed by atoms with Gasteiger partial charge in [0.25, 0.3) is 0 Å². The van der Waals surface area contributed by atoms with Crippen molar-refractivity contribution in [2.75, 3.05) is 7.11 Å². The molecule has 1 spiro atoms. The van der Waals surface area contributed by atoms with Crippen LogP contribution in [0.2, 0.25) is 0 Å². The summed E-state index contributed by atoms with van der Waals surface area (Å²) in [7, 11) is 2.01. The Balaban J connectivity index is 1.47. The molecule has 0 amide bonds. The number of hydrogen-bond donors (Lipinski definition) is 0. The van der Waals surface area contributed by atoms with Crippen LogP contribution >= 0.6 is 0 Å². The third kappa shape index (κ3) is 1.92. The van der Waals surface area contributed by atoms with Crippen molar-refractivity contribution in [1.29, 1.82) is 0 Å². The van der Waals surface area contributed by atoms with Gasteiger partial charge in [-0.05, 0) is 104 Å². The van der Waals surface area contributed by atoms with Crippen molar-refractivity contribution in [3.63, 3.8) is 0 Å². The van der Waals surface area contributed by atoms with Crippen molar-refractivity contribution in [3.8, 4) is 0 Å². The highest BCUT2D eigenvalue weighted by Crippen LogP contribution is 2.82. The average molecular weight is 357 g/mol. The number of ether oxygens (including phenoxy) is 1. The van der Waals surface area contributed by atoms with Crippen LogP contribution in [-0.2, 0) is 4.74 Å². The molecule has 1 nitrogen and oxygen atoms in total. The monoisotopic (exact) mass is 356 g/mol. The summed E-state index contributed by atoms with van der Waals surface area (Å²) in [6, 6.07) is 0. The van der Waals surface area contributed by atoms with Gasteiger partial charge in [0.05, 0.1) is 6.10 Å². The van der Waals surface area contributed by atoms with E-state index in [1.165, 1.54) is 57.8 Å². The van der Waals surface area contributed by atoms with E-state index in [4.69, 9.17) is 4.74 Å². The maximum Gasteiger partial charge on any atom is 0.0638 e. The zero-order valence-electron chi connectivity index (χ0n) is 17.6.